The van der Waals surface area contributed by atoms with E-state index in [1.165, 1.54) is 11.3 Å². The van der Waals surface area contributed by atoms with E-state index in [4.69, 9.17) is 0 Å². The lowest BCUT2D eigenvalue weighted by atomic mass is 10.0. The average Bonchev–Trinajstić information content (AvgIpc) is 2.77. The Bertz CT molecular complexity index is 284. The van der Waals surface area contributed by atoms with Crippen LogP contribution in [0.3, 0.4) is 0 Å². The molecule has 0 aliphatic carbocycles. The number of H-pyrrole nitrogens is 2. The first-order valence-corrected chi connectivity index (χ1v) is 4.14. The van der Waals surface area contributed by atoms with Crippen molar-refractivity contribution >= 4 is 0 Å². The fourth-order valence-corrected chi connectivity index (χ4v) is 1.40. The molecule has 0 amide bonds. The Kier molecular flexibility index (Phi) is 1.74. The van der Waals surface area contributed by atoms with Crippen LogP contribution >= 0.6 is 0 Å². The zero-order chi connectivity index (χ0) is 8.39. The second-order valence-corrected chi connectivity index (χ2v) is 2.99. The molecule has 2 heterocycles. The molecule has 1 atom stereocenters. The second kappa shape index (κ2) is 2.89. The highest BCUT2D eigenvalue weighted by molar-refractivity contribution is 5.25. The van der Waals surface area contributed by atoms with E-state index >= 15 is 0 Å². The van der Waals surface area contributed by atoms with Gasteiger partial charge in [-0.15, -0.1) is 0 Å². The monoisotopic (exact) mass is 160 g/mol. The second-order valence-electron chi connectivity index (χ2n) is 2.99. The number of aromatic nitrogens is 2. The fraction of sp³-hybridized carbons (Fsp3) is 0.200. The third-order valence-corrected chi connectivity index (χ3v) is 2.21. The minimum absolute atomic E-state index is 0.450. The number of hydrogen-bond donors (Lipinski definition) is 2. The molecule has 12 heavy (non-hydrogen) atoms. The smallest absolute Gasteiger partial charge is 0.0227 e. The molecule has 0 bridgehead atoms. The van der Waals surface area contributed by atoms with E-state index in [0.29, 0.717) is 5.92 Å². The highest BCUT2D eigenvalue weighted by Gasteiger charge is 2.07. The molecule has 2 rings (SSSR count). The van der Waals surface area contributed by atoms with E-state index in [-0.39, 0.29) is 0 Å². The molecule has 2 N–H and O–H groups in total. The van der Waals surface area contributed by atoms with E-state index in [1.54, 1.807) is 0 Å². The first-order chi connectivity index (χ1) is 5.88. The van der Waals surface area contributed by atoms with Crippen molar-refractivity contribution < 1.29 is 0 Å². The van der Waals surface area contributed by atoms with Gasteiger partial charge in [0.25, 0.3) is 0 Å². The van der Waals surface area contributed by atoms with Gasteiger partial charge in [0.2, 0.25) is 0 Å². The van der Waals surface area contributed by atoms with Gasteiger partial charge in [-0.2, -0.15) is 0 Å². The summed E-state index contributed by atoms with van der Waals surface area (Å²) in [5.74, 6) is 0.450. The Morgan fingerprint density at radius 2 is 2.17 bits per heavy atom. The summed E-state index contributed by atoms with van der Waals surface area (Å²) in [6.45, 7) is 2.19. The van der Waals surface area contributed by atoms with Gasteiger partial charge in [0.15, 0.2) is 0 Å². The van der Waals surface area contributed by atoms with E-state index < -0.39 is 0 Å². The molecular formula is C10H12N2. The van der Waals surface area contributed by atoms with Gasteiger partial charge in [-0.3, -0.25) is 0 Å². The summed E-state index contributed by atoms with van der Waals surface area (Å²) in [7, 11) is 0. The number of rotatable bonds is 2. The molecular weight excluding hydrogens is 148 g/mol. The third kappa shape index (κ3) is 1.16. The van der Waals surface area contributed by atoms with Crippen molar-refractivity contribution in [3.63, 3.8) is 0 Å². The van der Waals surface area contributed by atoms with Crippen molar-refractivity contribution in [1.29, 1.82) is 0 Å². The Labute approximate surface area is 71.6 Å². The van der Waals surface area contributed by atoms with Gasteiger partial charge in [0.1, 0.15) is 0 Å². The SMILES string of the molecule is CC(c1cc[nH]c1)c1ccc[nH]1. The number of hydrogen-bond acceptors (Lipinski definition) is 0. The zero-order valence-corrected chi connectivity index (χ0v) is 7.04. The summed E-state index contributed by atoms with van der Waals surface area (Å²) in [6, 6.07) is 6.24. The molecule has 2 aromatic rings. The van der Waals surface area contributed by atoms with Crippen molar-refractivity contribution in [2.24, 2.45) is 0 Å². The van der Waals surface area contributed by atoms with Crippen molar-refractivity contribution in [1.82, 2.24) is 9.97 Å². The minimum atomic E-state index is 0.450. The molecule has 2 nitrogen and oxygen atoms in total. The number of aromatic amines is 2. The molecule has 1 unspecified atom stereocenters. The van der Waals surface area contributed by atoms with Crippen molar-refractivity contribution in [2.45, 2.75) is 12.8 Å². The average molecular weight is 160 g/mol. The lowest BCUT2D eigenvalue weighted by Crippen LogP contribution is -1.93. The summed E-state index contributed by atoms with van der Waals surface area (Å²) in [5, 5.41) is 0. The Hall–Kier alpha value is -1.44. The van der Waals surface area contributed by atoms with E-state index in [1.807, 2.05) is 24.7 Å². The van der Waals surface area contributed by atoms with Crippen molar-refractivity contribution in [3.8, 4) is 0 Å². The summed E-state index contributed by atoms with van der Waals surface area (Å²) in [6.07, 6.45) is 5.94. The molecule has 0 saturated carbocycles. The van der Waals surface area contributed by atoms with Gasteiger partial charge >= 0.3 is 0 Å². The molecule has 0 aromatic carbocycles. The summed E-state index contributed by atoms with van der Waals surface area (Å²) in [5.41, 5.74) is 2.58. The molecule has 0 aliphatic rings. The van der Waals surface area contributed by atoms with E-state index in [9.17, 15) is 0 Å². The lowest BCUT2D eigenvalue weighted by molar-refractivity contribution is 0.885. The molecule has 0 radical (unpaired) electrons. The highest BCUT2D eigenvalue weighted by atomic mass is 14.7. The van der Waals surface area contributed by atoms with E-state index in [0.717, 1.165) is 0 Å². The van der Waals surface area contributed by atoms with Gasteiger partial charge < -0.3 is 9.97 Å². The normalized spacial score (nSPS) is 13.1. The molecule has 0 spiro atoms. The molecule has 62 valence electrons. The topological polar surface area (TPSA) is 31.6 Å². The van der Waals surface area contributed by atoms with Gasteiger partial charge in [-0.05, 0) is 23.8 Å². The third-order valence-electron chi connectivity index (χ3n) is 2.21. The van der Waals surface area contributed by atoms with Crippen LogP contribution in [0.4, 0.5) is 0 Å². The Balaban J connectivity index is 2.27. The molecule has 2 heteroatoms. The van der Waals surface area contributed by atoms with Gasteiger partial charge in [-0.25, -0.2) is 0 Å². The number of nitrogens with one attached hydrogen (secondary N) is 2. The van der Waals surface area contributed by atoms with E-state index in [2.05, 4.69) is 29.0 Å². The minimum Gasteiger partial charge on any atom is -0.367 e. The summed E-state index contributed by atoms with van der Waals surface area (Å²) >= 11 is 0. The predicted octanol–water partition coefficient (Wildman–Crippen LogP) is 2.49. The van der Waals surface area contributed by atoms with Crippen LogP contribution in [0.1, 0.15) is 24.1 Å². The van der Waals surface area contributed by atoms with Gasteiger partial charge in [0.05, 0.1) is 0 Å². The summed E-state index contributed by atoms with van der Waals surface area (Å²) in [4.78, 5) is 6.27. The van der Waals surface area contributed by atoms with Crippen LogP contribution in [0.25, 0.3) is 0 Å². The maximum atomic E-state index is 3.21. The lowest BCUT2D eigenvalue weighted by Gasteiger charge is -2.05. The van der Waals surface area contributed by atoms with Gasteiger partial charge in [-0.1, -0.05) is 6.92 Å². The van der Waals surface area contributed by atoms with Crippen LogP contribution in [0.2, 0.25) is 0 Å². The van der Waals surface area contributed by atoms with Crippen LogP contribution in [-0.2, 0) is 0 Å². The first-order valence-electron chi connectivity index (χ1n) is 4.14. The maximum Gasteiger partial charge on any atom is 0.0227 e. The molecule has 2 aromatic heterocycles. The van der Waals surface area contributed by atoms with Gasteiger partial charge in [0, 0.05) is 30.2 Å². The molecule has 0 aliphatic heterocycles. The van der Waals surface area contributed by atoms with Crippen LogP contribution in [0.15, 0.2) is 36.8 Å². The predicted molar refractivity (Wildman–Crippen MR) is 49.1 cm³/mol. The van der Waals surface area contributed by atoms with Crippen LogP contribution < -0.4 is 0 Å². The Morgan fingerprint density at radius 3 is 2.75 bits per heavy atom. The molecule has 0 fully saturated rings. The van der Waals surface area contributed by atoms with Crippen molar-refractivity contribution in [3.05, 3.63) is 48.0 Å². The quantitative estimate of drug-likeness (QED) is 0.676. The first kappa shape index (κ1) is 7.22. The van der Waals surface area contributed by atoms with Crippen LogP contribution in [0.5, 0.6) is 0 Å². The fourth-order valence-electron chi connectivity index (χ4n) is 1.40. The van der Waals surface area contributed by atoms with Crippen LogP contribution in [-0.4, -0.2) is 9.97 Å². The zero-order valence-electron chi connectivity index (χ0n) is 7.04. The largest absolute Gasteiger partial charge is 0.367 e. The standard InChI is InChI=1S/C10H12N2/c1-8(9-4-6-11-7-9)10-3-2-5-12-10/h2-8,11-12H,1H3. The van der Waals surface area contributed by atoms with Crippen molar-refractivity contribution in [2.75, 3.05) is 0 Å². The summed E-state index contributed by atoms with van der Waals surface area (Å²) < 4.78 is 0. The maximum absolute atomic E-state index is 3.21. The molecule has 0 saturated heterocycles. The Morgan fingerprint density at radius 1 is 1.25 bits per heavy atom. The van der Waals surface area contributed by atoms with Crippen LogP contribution in [0, 0.1) is 0 Å². The highest BCUT2D eigenvalue weighted by Crippen LogP contribution is 2.21.